The van der Waals surface area contributed by atoms with Crippen molar-refractivity contribution in [2.45, 2.75) is 32.4 Å². The van der Waals surface area contributed by atoms with Gasteiger partial charge in [-0.1, -0.05) is 0 Å². The van der Waals surface area contributed by atoms with Gasteiger partial charge in [0.05, 0.1) is 25.9 Å². The molecule has 1 aliphatic rings. The summed E-state index contributed by atoms with van der Waals surface area (Å²) >= 11 is 1.74. The molecule has 0 radical (unpaired) electrons. The second-order valence-electron chi connectivity index (χ2n) is 4.45. The van der Waals surface area contributed by atoms with Crippen LogP contribution >= 0.6 is 11.3 Å². The Hall–Kier alpha value is -0.490. The molecule has 2 rings (SSSR count). The van der Waals surface area contributed by atoms with Crippen LogP contribution in [0.2, 0.25) is 0 Å². The summed E-state index contributed by atoms with van der Waals surface area (Å²) in [5.74, 6) is 0. The van der Waals surface area contributed by atoms with Gasteiger partial charge in [0.15, 0.2) is 0 Å². The molecule has 0 aliphatic carbocycles. The van der Waals surface area contributed by atoms with Crippen LogP contribution in [0.5, 0.6) is 0 Å². The Bertz CT molecular complexity index is 335. The summed E-state index contributed by atoms with van der Waals surface area (Å²) in [6.45, 7) is 5.72. The van der Waals surface area contributed by atoms with Crippen LogP contribution in [0.15, 0.2) is 5.38 Å². The van der Waals surface area contributed by atoms with E-state index in [2.05, 4.69) is 15.3 Å². The van der Waals surface area contributed by atoms with Crippen molar-refractivity contribution in [2.75, 3.05) is 26.3 Å². The molecule has 1 N–H and O–H groups in total. The number of nitrogens with zero attached hydrogens (tertiary/aromatic N) is 2. The van der Waals surface area contributed by atoms with Crippen LogP contribution in [0, 0.1) is 6.92 Å². The van der Waals surface area contributed by atoms with E-state index in [0.29, 0.717) is 12.7 Å². The maximum Gasteiger partial charge on any atom is 0.107 e. The molecule has 0 saturated carbocycles. The van der Waals surface area contributed by atoms with E-state index in [9.17, 15) is 0 Å². The normalized spacial score (nSPS) is 18.7. The van der Waals surface area contributed by atoms with Crippen LogP contribution in [-0.2, 0) is 11.3 Å². The molecule has 1 saturated heterocycles. The van der Waals surface area contributed by atoms with Gasteiger partial charge >= 0.3 is 0 Å². The molecule has 5 heteroatoms. The predicted molar refractivity (Wildman–Crippen MR) is 68.2 cm³/mol. The summed E-state index contributed by atoms with van der Waals surface area (Å²) in [5, 5.41) is 12.0. The van der Waals surface area contributed by atoms with Gasteiger partial charge in [0, 0.05) is 24.2 Å². The number of piperidine rings is 1. The number of ether oxygens (including phenoxy) is 1. The van der Waals surface area contributed by atoms with Crippen molar-refractivity contribution in [3.05, 3.63) is 16.1 Å². The van der Waals surface area contributed by atoms with Crippen molar-refractivity contribution in [1.82, 2.24) is 9.88 Å². The third-order valence-electron chi connectivity index (χ3n) is 3.00. The Labute approximate surface area is 106 Å². The fraction of sp³-hybridized carbons (Fsp3) is 0.750. The van der Waals surface area contributed by atoms with E-state index in [-0.39, 0.29) is 6.61 Å². The molecule has 0 atom stereocenters. The number of aryl methyl sites for hydroxylation is 1. The fourth-order valence-corrected chi connectivity index (χ4v) is 2.93. The molecule has 1 aromatic rings. The summed E-state index contributed by atoms with van der Waals surface area (Å²) in [6.07, 6.45) is 2.45. The van der Waals surface area contributed by atoms with Gasteiger partial charge in [0.25, 0.3) is 0 Å². The van der Waals surface area contributed by atoms with Crippen LogP contribution in [0.1, 0.15) is 23.5 Å². The minimum Gasteiger partial charge on any atom is -0.394 e. The van der Waals surface area contributed by atoms with Crippen LogP contribution in [0.3, 0.4) is 0 Å². The highest BCUT2D eigenvalue weighted by molar-refractivity contribution is 7.09. The maximum absolute atomic E-state index is 8.70. The molecule has 0 aromatic carbocycles. The smallest absolute Gasteiger partial charge is 0.107 e. The fourth-order valence-electron chi connectivity index (χ4n) is 2.12. The third kappa shape index (κ3) is 4.03. The summed E-state index contributed by atoms with van der Waals surface area (Å²) in [7, 11) is 0. The molecule has 17 heavy (non-hydrogen) atoms. The molecule has 2 heterocycles. The molecule has 1 fully saturated rings. The minimum absolute atomic E-state index is 0.124. The third-order valence-corrected chi connectivity index (χ3v) is 3.96. The first-order valence-electron chi connectivity index (χ1n) is 6.14. The van der Waals surface area contributed by atoms with Crippen LogP contribution in [-0.4, -0.2) is 47.4 Å². The van der Waals surface area contributed by atoms with Crippen molar-refractivity contribution in [3.63, 3.8) is 0 Å². The van der Waals surface area contributed by atoms with Crippen LogP contribution in [0.25, 0.3) is 0 Å². The van der Waals surface area contributed by atoms with Crippen molar-refractivity contribution in [1.29, 1.82) is 0 Å². The highest BCUT2D eigenvalue weighted by Gasteiger charge is 2.20. The zero-order valence-corrected chi connectivity index (χ0v) is 11.1. The molecular weight excluding hydrogens is 236 g/mol. The number of rotatable bonds is 5. The van der Waals surface area contributed by atoms with Gasteiger partial charge in [0.1, 0.15) is 5.01 Å². The van der Waals surface area contributed by atoms with E-state index in [1.807, 2.05) is 6.92 Å². The summed E-state index contributed by atoms with van der Waals surface area (Å²) in [6, 6.07) is 0. The van der Waals surface area contributed by atoms with Crippen molar-refractivity contribution in [2.24, 2.45) is 0 Å². The minimum atomic E-state index is 0.124. The van der Waals surface area contributed by atoms with Gasteiger partial charge in [-0.2, -0.15) is 0 Å². The predicted octanol–water partition coefficient (Wildman–Crippen LogP) is 1.42. The lowest BCUT2D eigenvalue weighted by molar-refractivity contribution is -0.00902. The summed E-state index contributed by atoms with van der Waals surface area (Å²) in [5.41, 5.74) is 1.12. The molecule has 4 nitrogen and oxygen atoms in total. The molecule has 96 valence electrons. The van der Waals surface area contributed by atoms with E-state index in [1.54, 1.807) is 11.3 Å². The lowest BCUT2D eigenvalue weighted by Crippen LogP contribution is -2.36. The largest absolute Gasteiger partial charge is 0.394 e. The first kappa shape index (κ1) is 13.0. The van der Waals surface area contributed by atoms with Crippen molar-refractivity contribution < 1.29 is 9.84 Å². The summed E-state index contributed by atoms with van der Waals surface area (Å²) in [4.78, 5) is 6.91. The SMILES string of the molecule is Cc1csc(CN2CCC(OCCO)CC2)n1. The Kier molecular flexibility index (Phi) is 4.91. The van der Waals surface area contributed by atoms with Gasteiger partial charge in [-0.25, -0.2) is 4.98 Å². The van der Waals surface area contributed by atoms with Gasteiger partial charge in [-0.3, -0.25) is 4.90 Å². The second-order valence-corrected chi connectivity index (χ2v) is 5.40. The number of aliphatic hydroxyl groups excluding tert-OH is 1. The molecule has 0 amide bonds. The Morgan fingerprint density at radius 3 is 2.88 bits per heavy atom. The number of thiazole rings is 1. The van der Waals surface area contributed by atoms with Gasteiger partial charge in [-0.15, -0.1) is 11.3 Å². The van der Waals surface area contributed by atoms with Gasteiger partial charge < -0.3 is 9.84 Å². The average molecular weight is 256 g/mol. The van der Waals surface area contributed by atoms with E-state index in [1.165, 1.54) is 5.01 Å². The first-order chi connectivity index (χ1) is 8.28. The lowest BCUT2D eigenvalue weighted by Gasteiger charge is -2.31. The van der Waals surface area contributed by atoms with Crippen molar-refractivity contribution >= 4 is 11.3 Å². The molecule has 0 bridgehead atoms. The monoisotopic (exact) mass is 256 g/mol. The number of hydrogen-bond donors (Lipinski definition) is 1. The van der Waals surface area contributed by atoms with E-state index < -0.39 is 0 Å². The maximum atomic E-state index is 8.70. The standard InChI is InChI=1S/C12H20N2O2S/c1-10-9-17-12(13-10)8-14-4-2-11(3-5-14)16-7-6-15/h9,11,15H,2-8H2,1H3. The molecule has 0 unspecified atom stereocenters. The molecule has 0 spiro atoms. The van der Waals surface area contributed by atoms with Gasteiger partial charge in [-0.05, 0) is 19.8 Å². The van der Waals surface area contributed by atoms with Crippen LogP contribution in [0.4, 0.5) is 0 Å². The summed E-state index contributed by atoms with van der Waals surface area (Å²) < 4.78 is 5.55. The topological polar surface area (TPSA) is 45.6 Å². The Morgan fingerprint density at radius 2 is 2.29 bits per heavy atom. The average Bonchev–Trinajstić information content (AvgIpc) is 2.74. The van der Waals surface area contributed by atoms with E-state index in [4.69, 9.17) is 9.84 Å². The first-order valence-corrected chi connectivity index (χ1v) is 7.01. The molecule has 1 aromatic heterocycles. The highest BCUT2D eigenvalue weighted by atomic mass is 32.1. The molecule has 1 aliphatic heterocycles. The van der Waals surface area contributed by atoms with Crippen molar-refractivity contribution in [3.8, 4) is 0 Å². The van der Waals surface area contributed by atoms with E-state index >= 15 is 0 Å². The quantitative estimate of drug-likeness (QED) is 0.865. The van der Waals surface area contributed by atoms with E-state index in [0.717, 1.165) is 38.2 Å². The molecular formula is C12H20N2O2S. The van der Waals surface area contributed by atoms with Gasteiger partial charge in [0.2, 0.25) is 0 Å². The van der Waals surface area contributed by atoms with Crippen LogP contribution < -0.4 is 0 Å². The zero-order chi connectivity index (χ0) is 12.1. The second kappa shape index (κ2) is 6.44. The number of aromatic nitrogens is 1. The number of likely N-dealkylation sites (tertiary alicyclic amines) is 1. The number of aliphatic hydroxyl groups is 1. The Balaban J connectivity index is 1.72. The lowest BCUT2D eigenvalue weighted by atomic mass is 10.1. The zero-order valence-electron chi connectivity index (χ0n) is 10.3. The Morgan fingerprint density at radius 1 is 1.53 bits per heavy atom. The highest BCUT2D eigenvalue weighted by Crippen LogP contribution is 2.17. The number of hydrogen-bond acceptors (Lipinski definition) is 5.